The zero-order valence-corrected chi connectivity index (χ0v) is 22.2. The molecule has 0 aliphatic rings. The van der Waals surface area contributed by atoms with Crippen molar-refractivity contribution in [1.82, 2.24) is 4.98 Å². The molecule has 0 aliphatic carbocycles. The van der Waals surface area contributed by atoms with E-state index in [1.54, 1.807) is 51.5 Å². The van der Waals surface area contributed by atoms with E-state index >= 15 is 0 Å². The Labute approximate surface area is 214 Å². The molecule has 0 radical (unpaired) electrons. The molecule has 2 aromatic carbocycles. The first-order valence-corrected chi connectivity index (χ1v) is 12.3. The molecule has 0 bridgehead atoms. The van der Waals surface area contributed by atoms with E-state index in [1.807, 2.05) is 49.3 Å². The largest absolute Gasteiger partial charge is 0.497 e. The highest BCUT2D eigenvalue weighted by Crippen LogP contribution is 2.28. The normalized spacial score (nSPS) is 11.5. The monoisotopic (exact) mass is 539 g/mol. The zero-order valence-electron chi connectivity index (χ0n) is 20.6. The summed E-state index contributed by atoms with van der Waals surface area (Å²) in [5, 5.41) is 0.101. The maximum Gasteiger partial charge on any atom is 0.238 e. The Morgan fingerprint density at radius 3 is 2.09 bits per heavy atom. The van der Waals surface area contributed by atoms with Gasteiger partial charge in [-0.25, -0.2) is 4.98 Å². The van der Waals surface area contributed by atoms with E-state index in [9.17, 15) is 9.59 Å². The SMILES string of the molecule is COc1ccc(N(C(=O)CBr)C(C)C(=O)Cc2ccc(OC)nc2-c2ccc(N(C)C)cc2)cc1. The summed E-state index contributed by atoms with van der Waals surface area (Å²) in [6, 6.07) is 18.0. The number of alkyl halides is 1. The Morgan fingerprint density at radius 1 is 0.914 bits per heavy atom. The van der Waals surface area contributed by atoms with E-state index in [0.29, 0.717) is 23.0 Å². The van der Waals surface area contributed by atoms with Crippen LogP contribution >= 0.6 is 15.9 Å². The van der Waals surface area contributed by atoms with Crippen molar-refractivity contribution >= 4 is 39.0 Å². The summed E-state index contributed by atoms with van der Waals surface area (Å²) in [7, 11) is 7.10. The lowest BCUT2D eigenvalue weighted by molar-refractivity contribution is -0.123. The molecule has 3 rings (SSSR count). The first-order valence-electron chi connectivity index (χ1n) is 11.2. The molecule has 1 unspecified atom stereocenters. The van der Waals surface area contributed by atoms with Gasteiger partial charge in [-0.15, -0.1) is 0 Å². The smallest absolute Gasteiger partial charge is 0.238 e. The number of anilines is 2. The van der Waals surface area contributed by atoms with Crippen molar-refractivity contribution in [2.24, 2.45) is 0 Å². The van der Waals surface area contributed by atoms with Gasteiger partial charge in [-0.05, 0) is 48.9 Å². The number of hydrogen-bond acceptors (Lipinski definition) is 6. The predicted octanol–water partition coefficient (Wildman–Crippen LogP) is 4.76. The number of benzene rings is 2. The zero-order chi connectivity index (χ0) is 25.5. The number of amides is 1. The van der Waals surface area contributed by atoms with Crippen LogP contribution in [0.3, 0.4) is 0 Å². The summed E-state index contributed by atoms with van der Waals surface area (Å²) in [6.45, 7) is 1.75. The van der Waals surface area contributed by atoms with Gasteiger partial charge in [0.25, 0.3) is 0 Å². The number of nitrogens with zero attached hydrogens (tertiary/aromatic N) is 3. The molecule has 1 amide bonds. The van der Waals surface area contributed by atoms with E-state index < -0.39 is 6.04 Å². The number of rotatable bonds is 10. The minimum absolute atomic E-state index is 0.101. The molecule has 0 saturated heterocycles. The number of aromatic nitrogens is 1. The molecule has 0 saturated carbocycles. The highest BCUT2D eigenvalue weighted by atomic mass is 79.9. The summed E-state index contributed by atoms with van der Waals surface area (Å²) in [4.78, 5) is 34.4. The van der Waals surface area contributed by atoms with Crippen LogP contribution in [-0.4, -0.2) is 56.4 Å². The third kappa shape index (κ3) is 6.19. The molecule has 1 aromatic heterocycles. The van der Waals surface area contributed by atoms with Crippen molar-refractivity contribution in [1.29, 1.82) is 0 Å². The molecule has 0 spiro atoms. The molecule has 0 aliphatic heterocycles. The fraction of sp³-hybridized carbons (Fsp3) is 0.296. The van der Waals surface area contributed by atoms with Crippen LogP contribution < -0.4 is 19.3 Å². The Kier molecular flexibility index (Phi) is 8.87. The number of carbonyl (C=O) groups excluding carboxylic acids is 2. The summed E-state index contributed by atoms with van der Waals surface area (Å²) in [6.07, 6.45) is 0.116. The van der Waals surface area contributed by atoms with Gasteiger partial charge in [0, 0.05) is 43.5 Å². The average Bonchev–Trinajstić information content (AvgIpc) is 2.89. The molecular formula is C27H30BrN3O4. The molecule has 0 N–H and O–H groups in total. The van der Waals surface area contributed by atoms with Crippen molar-refractivity contribution in [2.45, 2.75) is 19.4 Å². The number of Topliss-reactive ketones (excluding diaryl/α,β-unsaturated/α-hetero) is 1. The van der Waals surface area contributed by atoms with Crippen molar-refractivity contribution in [3.8, 4) is 22.9 Å². The van der Waals surface area contributed by atoms with Gasteiger partial charge in [-0.3, -0.25) is 9.59 Å². The van der Waals surface area contributed by atoms with Crippen LogP contribution in [0.5, 0.6) is 11.6 Å². The molecule has 1 heterocycles. The number of carbonyl (C=O) groups is 2. The minimum Gasteiger partial charge on any atom is -0.497 e. The predicted molar refractivity (Wildman–Crippen MR) is 143 cm³/mol. The summed E-state index contributed by atoms with van der Waals surface area (Å²) in [5.74, 6) is 0.833. The van der Waals surface area contributed by atoms with Gasteiger partial charge >= 0.3 is 0 Å². The van der Waals surface area contributed by atoms with Gasteiger partial charge < -0.3 is 19.3 Å². The van der Waals surface area contributed by atoms with Crippen LogP contribution in [0.15, 0.2) is 60.7 Å². The minimum atomic E-state index is -0.681. The second-order valence-corrected chi connectivity index (χ2v) is 8.78. The van der Waals surface area contributed by atoms with Gasteiger partial charge in [-0.2, -0.15) is 0 Å². The van der Waals surface area contributed by atoms with Crippen molar-refractivity contribution in [3.63, 3.8) is 0 Å². The van der Waals surface area contributed by atoms with Crippen LogP contribution in [0.4, 0.5) is 11.4 Å². The number of methoxy groups -OCH3 is 2. The number of hydrogen-bond donors (Lipinski definition) is 0. The van der Waals surface area contributed by atoms with E-state index in [4.69, 9.17) is 9.47 Å². The fourth-order valence-corrected chi connectivity index (χ4v) is 4.03. The first-order chi connectivity index (χ1) is 16.8. The maximum atomic E-state index is 13.5. The number of ether oxygens (including phenoxy) is 2. The Hall–Kier alpha value is -3.39. The highest BCUT2D eigenvalue weighted by molar-refractivity contribution is 9.09. The Bertz CT molecular complexity index is 1160. The number of ketones is 1. The van der Waals surface area contributed by atoms with E-state index in [-0.39, 0.29) is 23.4 Å². The van der Waals surface area contributed by atoms with Crippen molar-refractivity contribution in [3.05, 3.63) is 66.2 Å². The van der Waals surface area contributed by atoms with E-state index in [0.717, 1.165) is 16.8 Å². The highest BCUT2D eigenvalue weighted by Gasteiger charge is 2.27. The van der Waals surface area contributed by atoms with Crippen molar-refractivity contribution < 1.29 is 19.1 Å². The topological polar surface area (TPSA) is 72.0 Å². The van der Waals surface area contributed by atoms with Gasteiger partial charge in [0.2, 0.25) is 11.8 Å². The molecule has 184 valence electrons. The van der Waals surface area contributed by atoms with Crippen LogP contribution in [0.2, 0.25) is 0 Å². The Morgan fingerprint density at radius 2 is 1.54 bits per heavy atom. The van der Waals surface area contributed by atoms with Gasteiger partial charge in [0.05, 0.1) is 31.3 Å². The molecule has 7 nitrogen and oxygen atoms in total. The number of pyridine rings is 1. The van der Waals surface area contributed by atoms with Gasteiger partial charge in [0.1, 0.15) is 5.75 Å². The van der Waals surface area contributed by atoms with Gasteiger partial charge in [0.15, 0.2) is 5.78 Å². The molecule has 0 fully saturated rings. The van der Waals surface area contributed by atoms with Crippen LogP contribution in [0, 0.1) is 0 Å². The second kappa shape index (κ2) is 11.8. The van der Waals surface area contributed by atoms with Crippen LogP contribution in [0.25, 0.3) is 11.3 Å². The molecule has 1 atom stereocenters. The molecule has 3 aromatic rings. The standard InChI is InChI=1S/C27H30BrN3O4/c1-18(31(26(33)17-28)22-11-13-23(34-4)14-12-22)24(32)16-20-8-15-25(35-5)29-27(20)19-6-9-21(10-7-19)30(2)3/h6-15,18H,16-17H2,1-5H3. The second-order valence-electron chi connectivity index (χ2n) is 8.22. The van der Waals surface area contributed by atoms with Crippen LogP contribution in [0.1, 0.15) is 12.5 Å². The van der Waals surface area contributed by atoms with E-state index in [2.05, 4.69) is 20.9 Å². The molecule has 8 heteroatoms. The van der Waals surface area contributed by atoms with Crippen LogP contribution in [-0.2, 0) is 16.0 Å². The number of halogens is 1. The van der Waals surface area contributed by atoms with E-state index in [1.165, 1.54) is 4.90 Å². The van der Waals surface area contributed by atoms with Gasteiger partial charge in [-0.1, -0.05) is 34.1 Å². The average molecular weight is 540 g/mol. The first kappa shape index (κ1) is 26.2. The third-order valence-electron chi connectivity index (χ3n) is 5.77. The quantitative estimate of drug-likeness (QED) is 0.346. The third-order valence-corrected chi connectivity index (χ3v) is 6.25. The maximum absolute atomic E-state index is 13.5. The summed E-state index contributed by atoms with van der Waals surface area (Å²) < 4.78 is 10.6. The fourth-order valence-electron chi connectivity index (χ4n) is 3.76. The lowest BCUT2D eigenvalue weighted by atomic mass is 9.98. The van der Waals surface area contributed by atoms with Crippen molar-refractivity contribution in [2.75, 3.05) is 43.4 Å². The molecular weight excluding hydrogens is 510 g/mol. The summed E-state index contributed by atoms with van der Waals surface area (Å²) >= 11 is 3.24. The molecule has 35 heavy (non-hydrogen) atoms. The lowest BCUT2D eigenvalue weighted by Gasteiger charge is -2.28. The lowest BCUT2D eigenvalue weighted by Crippen LogP contribution is -2.44. The Balaban J connectivity index is 1.92. The summed E-state index contributed by atoms with van der Waals surface area (Å²) in [5.41, 5.74) is 4.02.